The molecule has 0 atom stereocenters. The smallest absolute Gasteiger partial charge is 0.238 e. The van der Waals surface area contributed by atoms with Gasteiger partial charge in [-0.2, -0.15) is 0 Å². The molecule has 3 heterocycles. The standard InChI is InChI=1S/C21H21N5O/c1-21(2)16-11-22-12-23-19(16)26(20(21)27)15-9-14(10-15)24-18-8-7-13-5-3-4-6-17(13)25-18/h3-8,11-12,14-15H,9-10H2,1-2H3,(H,24,25). The first kappa shape index (κ1) is 16.2. The molecule has 1 aliphatic carbocycles. The van der Waals surface area contributed by atoms with E-state index in [0.717, 1.165) is 40.9 Å². The number of benzene rings is 1. The number of anilines is 2. The first-order valence-corrected chi connectivity index (χ1v) is 9.30. The lowest BCUT2D eigenvalue weighted by molar-refractivity contribution is -0.122. The molecular formula is C21H21N5O. The molecule has 136 valence electrons. The first-order valence-electron chi connectivity index (χ1n) is 9.30. The summed E-state index contributed by atoms with van der Waals surface area (Å²) in [4.78, 5) is 28.0. The molecule has 1 amide bonds. The van der Waals surface area contributed by atoms with Gasteiger partial charge in [0.2, 0.25) is 5.91 Å². The molecule has 1 aliphatic heterocycles. The lowest BCUT2D eigenvalue weighted by atomic mass is 9.84. The van der Waals surface area contributed by atoms with Crippen LogP contribution in [0.5, 0.6) is 0 Å². The van der Waals surface area contributed by atoms with Crippen LogP contribution in [0.15, 0.2) is 48.9 Å². The van der Waals surface area contributed by atoms with E-state index in [1.165, 1.54) is 6.33 Å². The van der Waals surface area contributed by atoms with Gasteiger partial charge in [0.05, 0.1) is 10.9 Å². The van der Waals surface area contributed by atoms with E-state index in [0.29, 0.717) is 6.04 Å². The fourth-order valence-electron chi connectivity index (χ4n) is 4.08. The van der Waals surface area contributed by atoms with Gasteiger partial charge in [-0.15, -0.1) is 0 Å². The molecule has 1 N–H and O–H groups in total. The van der Waals surface area contributed by atoms with Gasteiger partial charge in [-0.05, 0) is 44.9 Å². The summed E-state index contributed by atoms with van der Waals surface area (Å²) in [5.41, 5.74) is 1.35. The van der Waals surface area contributed by atoms with E-state index in [2.05, 4.69) is 32.4 Å². The Morgan fingerprint density at radius 1 is 1.15 bits per heavy atom. The molecule has 27 heavy (non-hydrogen) atoms. The summed E-state index contributed by atoms with van der Waals surface area (Å²) in [5.74, 6) is 1.77. The lowest BCUT2D eigenvalue weighted by Gasteiger charge is -2.41. The third-order valence-electron chi connectivity index (χ3n) is 5.77. The predicted octanol–water partition coefficient (Wildman–Crippen LogP) is 3.29. The van der Waals surface area contributed by atoms with Crippen LogP contribution in [0.2, 0.25) is 0 Å². The zero-order chi connectivity index (χ0) is 18.6. The molecule has 6 heteroatoms. The molecule has 6 nitrogen and oxygen atoms in total. The average Bonchev–Trinajstić information content (AvgIpc) is 2.85. The van der Waals surface area contributed by atoms with Crippen molar-refractivity contribution in [3.63, 3.8) is 0 Å². The molecule has 0 unspecified atom stereocenters. The molecule has 0 radical (unpaired) electrons. The molecule has 0 spiro atoms. The van der Waals surface area contributed by atoms with E-state index in [-0.39, 0.29) is 11.9 Å². The van der Waals surface area contributed by atoms with Crippen LogP contribution in [0.1, 0.15) is 32.3 Å². The Kier molecular flexibility index (Phi) is 3.44. The van der Waals surface area contributed by atoms with Crippen molar-refractivity contribution in [2.75, 3.05) is 10.2 Å². The van der Waals surface area contributed by atoms with Crippen LogP contribution in [0, 0.1) is 0 Å². The molecule has 1 fully saturated rings. The number of para-hydroxylation sites is 1. The Labute approximate surface area is 157 Å². The van der Waals surface area contributed by atoms with Gasteiger partial charge in [-0.25, -0.2) is 15.0 Å². The number of hydrogen-bond acceptors (Lipinski definition) is 5. The van der Waals surface area contributed by atoms with E-state index >= 15 is 0 Å². The molecule has 0 bridgehead atoms. The van der Waals surface area contributed by atoms with Crippen LogP contribution in [0.25, 0.3) is 10.9 Å². The summed E-state index contributed by atoms with van der Waals surface area (Å²) >= 11 is 0. The van der Waals surface area contributed by atoms with Crippen LogP contribution in [-0.2, 0) is 10.2 Å². The summed E-state index contributed by atoms with van der Waals surface area (Å²) in [5, 5.41) is 4.64. The second-order valence-corrected chi connectivity index (χ2v) is 7.92. The summed E-state index contributed by atoms with van der Waals surface area (Å²) in [6.45, 7) is 3.90. The Balaban J connectivity index is 1.31. The predicted molar refractivity (Wildman–Crippen MR) is 105 cm³/mol. The highest BCUT2D eigenvalue weighted by atomic mass is 16.2. The summed E-state index contributed by atoms with van der Waals surface area (Å²) in [7, 11) is 0. The SMILES string of the molecule is CC1(C)C(=O)N(C2CC(Nc3ccc4ccccc4n3)C2)c2ncncc21. The maximum Gasteiger partial charge on any atom is 0.238 e. The fourth-order valence-corrected chi connectivity index (χ4v) is 4.08. The summed E-state index contributed by atoms with van der Waals surface area (Å²) in [6, 6.07) is 12.7. The van der Waals surface area contributed by atoms with Crippen LogP contribution < -0.4 is 10.2 Å². The van der Waals surface area contributed by atoms with Crippen molar-refractivity contribution in [1.29, 1.82) is 0 Å². The largest absolute Gasteiger partial charge is 0.367 e. The van der Waals surface area contributed by atoms with Crippen molar-refractivity contribution >= 4 is 28.4 Å². The summed E-state index contributed by atoms with van der Waals surface area (Å²) < 4.78 is 0. The van der Waals surface area contributed by atoms with Gasteiger partial charge in [0.15, 0.2) is 0 Å². The third-order valence-corrected chi connectivity index (χ3v) is 5.77. The van der Waals surface area contributed by atoms with Crippen molar-refractivity contribution < 1.29 is 4.79 Å². The van der Waals surface area contributed by atoms with E-state index in [4.69, 9.17) is 0 Å². The minimum absolute atomic E-state index is 0.116. The number of aromatic nitrogens is 3. The van der Waals surface area contributed by atoms with Crippen molar-refractivity contribution in [2.45, 2.75) is 44.2 Å². The number of carbonyl (C=O) groups excluding carboxylic acids is 1. The molecule has 5 rings (SSSR count). The number of carbonyl (C=O) groups is 1. The van der Waals surface area contributed by atoms with Gasteiger partial charge in [0.25, 0.3) is 0 Å². The number of nitrogens with zero attached hydrogens (tertiary/aromatic N) is 4. The Hall–Kier alpha value is -3.02. The highest BCUT2D eigenvalue weighted by Gasteiger charge is 2.50. The maximum absolute atomic E-state index is 13.0. The molecule has 1 aromatic carbocycles. The fraction of sp³-hybridized carbons (Fsp3) is 0.333. The Morgan fingerprint density at radius 3 is 2.81 bits per heavy atom. The van der Waals surface area contributed by atoms with E-state index in [9.17, 15) is 4.79 Å². The van der Waals surface area contributed by atoms with Gasteiger partial charge in [-0.1, -0.05) is 18.2 Å². The van der Waals surface area contributed by atoms with Crippen molar-refractivity contribution in [2.24, 2.45) is 0 Å². The number of rotatable bonds is 3. The zero-order valence-electron chi connectivity index (χ0n) is 15.4. The van der Waals surface area contributed by atoms with Crippen molar-refractivity contribution in [3.05, 3.63) is 54.5 Å². The van der Waals surface area contributed by atoms with Gasteiger partial charge in [-0.3, -0.25) is 9.69 Å². The number of nitrogens with one attached hydrogen (secondary N) is 1. The van der Waals surface area contributed by atoms with E-state index in [1.54, 1.807) is 6.20 Å². The van der Waals surface area contributed by atoms with Gasteiger partial charge in [0, 0.05) is 29.2 Å². The number of amides is 1. The maximum atomic E-state index is 13.0. The van der Waals surface area contributed by atoms with Crippen LogP contribution in [-0.4, -0.2) is 32.9 Å². The zero-order valence-corrected chi connectivity index (χ0v) is 15.4. The topological polar surface area (TPSA) is 71.0 Å². The minimum atomic E-state index is -0.561. The van der Waals surface area contributed by atoms with Gasteiger partial charge >= 0.3 is 0 Å². The normalized spacial score (nSPS) is 23.2. The Bertz CT molecular complexity index is 1040. The van der Waals surface area contributed by atoms with Gasteiger partial charge in [0.1, 0.15) is 18.0 Å². The van der Waals surface area contributed by atoms with Crippen molar-refractivity contribution in [3.8, 4) is 0 Å². The highest BCUT2D eigenvalue weighted by Crippen LogP contribution is 2.44. The average molecular weight is 359 g/mol. The summed E-state index contributed by atoms with van der Waals surface area (Å²) in [6.07, 6.45) is 5.07. The second-order valence-electron chi connectivity index (χ2n) is 7.92. The van der Waals surface area contributed by atoms with E-state index < -0.39 is 5.41 Å². The molecular weight excluding hydrogens is 338 g/mol. The third kappa shape index (κ3) is 2.47. The van der Waals surface area contributed by atoms with Crippen LogP contribution in [0.3, 0.4) is 0 Å². The quantitative estimate of drug-likeness (QED) is 0.777. The number of hydrogen-bond donors (Lipinski definition) is 1. The van der Waals surface area contributed by atoms with Crippen LogP contribution in [0.4, 0.5) is 11.6 Å². The number of pyridine rings is 1. The highest BCUT2D eigenvalue weighted by molar-refractivity contribution is 6.07. The number of fused-ring (bicyclic) bond motifs is 2. The van der Waals surface area contributed by atoms with Gasteiger partial charge < -0.3 is 5.32 Å². The molecule has 3 aromatic rings. The van der Waals surface area contributed by atoms with E-state index in [1.807, 2.05) is 43.0 Å². The lowest BCUT2D eigenvalue weighted by Crippen LogP contribution is -2.53. The second kappa shape index (κ2) is 5.74. The minimum Gasteiger partial charge on any atom is -0.367 e. The van der Waals surface area contributed by atoms with Crippen LogP contribution >= 0.6 is 0 Å². The molecule has 2 aromatic heterocycles. The molecule has 1 saturated carbocycles. The molecule has 0 saturated heterocycles. The Morgan fingerprint density at radius 2 is 1.96 bits per heavy atom. The first-order chi connectivity index (χ1) is 13.0. The monoisotopic (exact) mass is 359 g/mol. The molecule has 2 aliphatic rings. The van der Waals surface area contributed by atoms with Crippen molar-refractivity contribution in [1.82, 2.24) is 15.0 Å².